The molecule has 1 N–H and O–H groups in total. The molecule has 2 rings (SSSR count). The molecule has 0 bridgehead atoms. The number of carbonyl (C=O) groups is 2. The number of amides is 1. The molecule has 1 saturated heterocycles. The van der Waals surface area contributed by atoms with E-state index in [1.54, 1.807) is 4.90 Å². The van der Waals surface area contributed by atoms with E-state index >= 15 is 0 Å². The first-order valence-corrected chi connectivity index (χ1v) is 8.34. The lowest BCUT2D eigenvalue weighted by Crippen LogP contribution is -2.37. The molecule has 0 aromatic carbocycles. The van der Waals surface area contributed by atoms with Gasteiger partial charge in [0.2, 0.25) is 0 Å². The predicted molar refractivity (Wildman–Crippen MR) is 83.6 cm³/mol. The van der Waals surface area contributed by atoms with Crippen molar-refractivity contribution in [2.75, 3.05) is 13.1 Å². The lowest BCUT2D eigenvalue weighted by Gasteiger charge is -2.31. The predicted octanol–water partition coefficient (Wildman–Crippen LogP) is 3.52. The Hall–Kier alpha value is -1.26. The number of hydrogen-bond donors (Lipinski definition) is 1. The number of carboxylic acid groups (broad SMARTS) is 1. The van der Waals surface area contributed by atoms with Crippen molar-refractivity contribution < 1.29 is 19.4 Å². The number of carbonyl (C=O) groups excluding carboxylic acids is 1. The van der Waals surface area contributed by atoms with Gasteiger partial charge in [0.05, 0.1) is 5.92 Å². The summed E-state index contributed by atoms with van der Waals surface area (Å²) in [6.07, 6.45) is 4.66. The molecule has 1 saturated carbocycles. The van der Waals surface area contributed by atoms with Gasteiger partial charge in [0, 0.05) is 18.5 Å². The van der Waals surface area contributed by atoms with Crippen LogP contribution in [0.15, 0.2) is 0 Å². The Morgan fingerprint density at radius 1 is 1.23 bits per heavy atom. The fourth-order valence-corrected chi connectivity index (χ4v) is 3.89. The van der Waals surface area contributed by atoms with Gasteiger partial charge in [0.15, 0.2) is 0 Å². The summed E-state index contributed by atoms with van der Waals surface area (Å²) >= 11 is 0. The number of rotatable bonds is 1. The molecular weight excluding hydrogens is 282 g/mol. The van der Waals surface area contributed by atoms with Crippen LogP contribution >= 0.6 is 0 Å². The normalized spacial score (nSPS) is 32.8. The largest absolute Gasteiger partial charge is 0.481 e. The quantitative estimate of drug-likeness (QED) is 0.804. The van der Waals surface area contributed by atoms with Crippen LogP contribution in [0, 0.1) is 17.3 Å². The van der Waals surface area contributed by atoms with E-state index in [0.29, 0.717) is 12.5 Å². The summed E-state index contributed by atoms with van der Waals surface area (Å²) in [7, 11) is 0. The first kappa shape index (κ1) is 17.1. The monoisotopic (exact) mass is 311 g/mol. The highest BCUT2D eigenvalue weighted by Crippen LogP contribution is 2.47. The second-order valence-electron chi connectivity index (χ2n) is 8.15. The summed E-state index contributed by atoms with van der Waals surface area (Å²) in [5.74, 6) is -0.602. The topological polar surface area (TPSA) is 66.8 Å². The average molecular weight is 311 g/mol. The fourth-order valence-electron chi connectivity index (χ4n) is 3.89. The zero-order chi connectivity index (χ0) is 16.5. The number of likely N-dealkylation sites (tertiary alicyclic amines) is 1. The summed E-state index contributed by atoms with van der Waals surface area (Å²) in [4.78, 5) is 25.7. The molecule has 0 aromatic rings. The van der Waals surface area contributed by atoms with Gasteiger partial charge in [0.25, 0.3) is 0 Å². The molecule has 1 amide bonds. The van der Waals surface area contributed by atoms with E-state index < -0.39 is 17.5 Å². The Labute approximate surface area is 133 Å². The van der Waals surface area contributed by atoms with E-state index in [1.807, 2.05) is 20.8 Å². The highest BCUT2D eigenvalue weighted by atomic mass is 16.6. The molecule has 1 aliphatic carbocycles. The highest BCUT2D eigenvalue weighted by Gasteiger charge is 2.52. The Balaban J connectivity index is 2.16. The Morgan fingerprint density at radius 2 is 1.91 bits per heavy atom. The van der Waals surface area contributed by atoms with Crippen molar-refractivity contribution in [2.45, 2.75) is 65.4 Å². The summed E-state index contributed by atoms with van der Waals surface area (Å²) < 4.78 is 5.43. The van der Waals surface area contributed by atoms with E-state index in [4.69, 9.17) is 4.74 Å². The van der Waals surface area contributed by atoms with Gasteiger partial charge in [-0.25, -0.2) is 4.79 Å². The number of hydrogen-bond acceptors (Lipinski definition) is 3. The molecule has 3 unspecified atom stereocenters. The van der Waals surface area contributed by atoms with Gasteiger partial charge in [0.1, 0.15) is 5.60 Å². The van der Waals surface area contributed by atoms with E-state index in [2.05, 4.69) is 6.92 Å². The molecule has 3 atom stereocenters. The summed E-state index contributed by atoms with van der Waals surface area (Å²) in [5, 5.41) is 9.64. The van der Waals surface area contributed by atoms with Crippen molar-refractivity contribution in [2.24, 2.45) is 17.3 Å². The standard InChI is InChI=1S/C17H29NO4/c1-12-6-5-8-17(9-7-12)11-18(10-13(17)14(19)20)15(21)22-16(2,3)4/h12-13H,5-11H2,1-4H3,(H,19,20). The minimum absolute atomic E-state index is 0.270. The van der Waals surface area contributed by atoms with Gasteiger partial charge in [-0.05, 0) is 39.5 Å². The van der Waals surface area contributed by atoms with Crippen LogP contribution in [0.2, 0.25) is 0 Å². The second-order valence-corrected chi connectivity index (χ2v) is 8.15. The van der Waals surface area contributed by atoms with Crippen LogP contribution in [-0.2, 0) is 9.53 Å². The molecule has 1 spiro atoms. The average Bonchev–Trinajstić information content (AvgIpc) is 2.64. The van der Waals surface area contributed by atoms with Gasteiger partial charge >= 0.3 is 12.1 Å². The Bertz CT molecular complexity index is 442. The summed E-state index contributed by atoms with van der Waals surface area (Å²) in [6.45, 7) is 8.52. The SMILES string of the molecule is CC1CCCC2(CC1)CN(C(=O)OC(C)(C)C)CC2C(=O)O. The van der Waals surface area contributed by atoms with Gasteiger partial charge in [-0.3, -0.25) is 4.79 Å². The molecule has 1 aliphatic heterocycles. The minimum Gasteiger partial charge on any atom is -0.481 e. The molecule has 5 heteroatoms. The van der Waals surface area contributed by atoms with Crippen LogP contribution < -0.4 is 0 Å². The zero-order valence-corrected chi connectivity index (χ0v) is 14.2. The van der Waals surface area contributed by atoms with Crippen LogP contribution in [0.3, 0.4) is 0 Å². The molecular formula is C17H29NO4. The first-order chi connectivity index (χ1) is 10.1. The summed E-state index contributed by atoms with van der Waals surface area (Å²) in [6, 6.07) is 0. The fraction of sp³-hybridized carbons (Fsp3) is 0.882. The van der Waals surface area contributed by atoms with Crippen molar-refractivity contribution in [1.82, 2.24) is 4.90 Å². The second kappa shape index (κ2) is 6.09. The van der Waals surface area contributed by atoms with Crippen LogP contribution in [-0.4, -0.2) is 40.8 Å². The van der Waals surface area contributed by atoms with E-state index in [-0.39, 0.29) is 18.1 Å². The molecule has 0 aromatic heterocycles. The summed E-state index contributed by atoms with van der Waals surface area (Å²) in [5.41, 5.74) is -0.822. The third-order valence-electron chi connectivity index (χ3n) is 5.10. The highest BCUT2D eigenvalue weighted by molar-refractivity contribution is 5.75. The first-order valence-electron chi connectivity index (χ1n) is 8.34. The molecule has 1 heterocycles. The van der Waals surface area contributed by atoms with Gasteiger partial charge in [-0.2, -0.15) is 0 Å². The minimum atomic E-state index is -0.777. The van der Waals surface area contributed by atoms with Crippen molar-refractivity contribution in [1.29, 1.82) is 0 Å². The van der Waals surface area contributed by atoms with Crippen molar-refractivity contribution in [3.8, 4) is 0 Å². The maximum absolute atomic E-state index is 12.3. The Morgan fingerprint density at radius 3 is 2.50 bits per heavy atom. The molecule has 22 heavy (non-hydrogen) atoms. The van der Waals surface area contributed by atoms with E-state index in [9.17, 15) is 14.7 Å². The van der Waals surface area contributed by atoms with Crippen LogP contribution in [0.5, 0.6) is 0 Å². The maximum Gasteiger partial charge on any atom is 0.410 e. The smallest absolute Gasteiger partial charge is 0.410 e. The number of nitrogens with zero attached hydrogens (tertiary/aromatic N) is 1. The van der Waals surface area contributed by atoms with Crippen LogP contribution in [0.4, 0.5) is 4.79 Å². The molecule has 2 fully saturated rings. The number of ether oxygens (including phenoxy) is 1. The number of aliphatic carboxylic acids is 1. The van der Waals surface area contributed by atoms with Crippen molar-refractivity contribution in [3.63, 3.8) is 0 Å². The van der Waals surface area contributed by atoms with Gasteiger partial charge in [-0.1, -0.05) is 26.2 Å². The lowest BCUT2D eigenvalue weighted by molar-refractivity contribution is -0.145. The molecule has 0 radical (unpaired) electrons. The van der Waals surface area contributed by atoms with Crippen molar-refractivity contribution in [3.05, 3.63) is 0 Å². The maximum atomic E-state index is 12.3. The van der Waals surface area contributed by atoms with Gasteiger partial charge in [-0.15, -0.1) is 0 Å². The van der Waals surface area contributed by atoms with Crippen LogP contribution in [0.25, 0.3) is 0 Å². The third kappa shape index (κ3) is 3.73. The van der Waals surface area contributed by atoms with E-state index in [1.165, 1.54) is 0 Å². The zero-order valence-electron chi connectivity index (χ0n) is 14.2. The molecule has 2 aliphatic rings. The van der Waals surface area contributed by atoms with Crippen LogP contribution in [0.1, 0.15) is 59.8 Å². The third-order valence-corrected chi connectivity index (χ3v) is 5.10. The molecule has 5 nitrogen and oxygen atoms in total. The van der Waals surface area contributed by atoms with E-state index in [0.717, 1.165) is 32.1 Å². The lowest BCUT2D eigenvalue weighted by atomic mass is 9.72. The Kier molecular flexibility index (Phi) is 4.73. The molecule has 126 valence electrons. The van der Waals surface area contributed by atoms with Gasteiger partial charge < -0.3 is 14.7 Å². The number of carboxylic acids is 1. The van der Waals surface area contributed by atoms with Crippen molar-refractivity contribution >= 4 is 12.1 Å².